The average molecular weight is 393 g/mol. The Kier molecular flexibility index (Phi) is 6.48. The Morgan fingerprint density at radius 3 is 2.18 bits per heavy atom. The van der Waals surface area contributed by atoms with Gasteiger partial charge in [0.1, 0.15) is 0 Å². The molecule has 4 nitrogen and oxygen atoms in total. The Balaban J connectivity index is 1.85. The number of carbonyl (C=O) groups excluding carboxylic acids is 2. The van der Waals surface area contributed by atoms with E-state index in [1.165, 1.54) is 12.1 Å². The SMILES string of the molecule is CC(C)(C)c1ccc(NC(=O)COC(=O)Cc2cccc(C(F)(F)F)c2)cc1. The van der Waals surface area contributed by atoms with E-state index >= 15 is 0 Å². The van der Waals surface area contributed by atoms with Crippen LogP contribution in [-0.2, 0) is 32.3 Å². The lowest BCUT2D eigenvalue weighted by molar-refractivity contribution is -0.146. The summed E-state index contributed by atoms with van der Waals surface area (Å²) in [6.07, 6.45) is -4.83. The summed E-state index contributed by atoms with van der Waals surface area (Å²) in [6, 6.07) is 11.7. The largest absolute Gasteiger partial charge is 0.455 e. The first-order valence-corrected chi connectivity index (χ1v) is 8.67. The molecule has 28 heavy (non-hydrogen) atoms. The zero-order valence-corrected chi connectivity index (χ0v) is 15.9. The molecule has 1 amide bonds. The topological polar surface area (TPSA) is 55.4 Å². The second kappa shape index (κ2) is 8.46. The first kappa shape index (κ1) is 21.5. The number of nitrogens with one attached hydrogen (secondary N) is 1. The maximum absolute atomic E-state index is 12.7. The number of hydrogen-bond acceptors (Lipinski definition) is 3. The van der Waals surface area contributed by atoms with Gasteiger partial charge >= 0.3 is 12.1 Å². The van der Waals surface area contributed by atoms with Crippen molar-refractivity contribution in [2.24, 2.45) is 0 Å². The Bertz CT molecular complexity index is 837. The van der Waals surface area contributed by atoms with Gasteiger partial charge in [-0.15, -0.1) is 0 Å². The Morgan fingerprint density at radius 1 is 0.964 bits per heavy atom. The van der Waals surface area contributed by atoms with Gasteiger partial charge in [0.15, 0.2) is 6.61 Å². The molecule has 1 N–H and O–H groups in total. The van der Waals surface area contributed by atoms with Crippen molar-refractivity contribution >= 4 is 17.6 Å². The van der Waals surface area contributed by atoms with Crippen molar-refractivity contribution in [1.82, 2.24) is 0 Å². The predicted molar refractivity (Wildman–Crippen MR) is 99.9 cm³/mol. The number of alkyl halides is 3. The van der Waals surface area contributed by atoms with Gasteiger partial charge in [-0.3, -0.25) is 9.59 Å². The minimum absolute atomic E-state index is 0.0124. The number of amides is 1. The molecule has 0 spiro atoms. The molecular formula is C21H22F3NO3. The number of benzene rings is 2. The quantitative estimate of drug-likeness (QED) is 0.748. The molecule has 0 atom stereocenters. The highest BCUT2D eigenvalue weighted by Crippen LogP contribution is 2.29. The van der Waals surface area contributed by atoms with Gasteiger partial charge in [0.25, 0.3) is 5.91 Å². The summed E-state index contributed by atoms with van der Waals surface area (Å²) in [6.45, 7) is 5.71. The fraction of sp³-hybridized carbons (Fsp3) is 0.333. The monoisotopic (exact) mass is 393 g/mol. The van der Waals surface area contributed by atoms with Crippen molar-refractivity contribution in [2.75, 3.05) is 11.9 Å². The third kappa shape index (κ3) is 6.40. The van der Waals surface area contributed by atoms with Gasteiger partial charge in [0, 0.05) is 5.69 Å². The van der Waals surface area contributed by atoms with Crippen molar-refractivity contribution < 1.29 is 27.5 Å². The van der Waals surface area contributed by atoms with Gasteiger partial charge in [0.2, 0.25) is 0 Å². The highest BCUT2D eigenvalue weighted by Gasteiger charge is 2.30. The fourth-order valence-corrected chi connectivity index (χ4v) is 2.47. The van der Waals surface area contributed by atoms with E-state index in [9.17, 15) is 22.8 Å². The van der Waals surface area contributed by atoms with Gasteiger partial charge in [0.05, 0.1) is 12.0 Å². The van der Waals surface area contributed by atoms with Crippen LogP contribution in [-0.4, -0.2) is 18.5 Å². The van der Waals surface area contributed by atoms with Crippen LogP contribution in [0.5, 0.6) is 0 Å². The molecule has 0 fully saturated rings. The second-order valence-electron chi connectivity index (χ2n) is 7.41. The molecule has 0 saturated heterocycles. The number of anilines is 1. The van der Waals surface area contributed by atoms with Crippen molar-refractivity contribution in [3.63, 3.8) is 0 Å². The van der Waals surface area contributed by atoms with Crippen molar-refractivity contribution in [3.8, 4) is 0 Å². The molecule has 0 aliphatic heterocycles. The summed E-state index contributed by atoms with van der Waals surface area (Å²) in [5.41, 5.74) is 0.985. The number of halogens is 3. The molecule has 2 rings (SSSR count). The molecule has 150 valence electrons. The summed E-state index contributed by atoms with van der Waals surface area (Å²) in [5.74, 6) is -1.31. The average Bonchev–Trinajstić information content (AvgIpc) is 2.59. The van der Waals surface area contributed by atoms with E-state index in [1.54, 1.807) is 12.1 Å². The number of hydrogen-bond donors (Lipinski definition) is 1. The van der Waals surface area contributed by atoms with Crippen LogP contribution in [0.2, 0.25) is 0 Å². The number of esters is 1. The Hall–Kier alpha value is -2.83. The third-order valence-electron chi connectivity index (χ3n) is 4.00. The summed E-state index contributed by atoms with van der Waals surface area (Å²) < 4.78 is 42.9. The minimum atomic E-state index is -4.48. The smallest absolute Gasteiger partial charge is 0.416 e. The molecule has 0 heterocycles. The van der Waals surface area contributed by atoms with Crippen molar-refractivity contribution in [1.29, 1.82) is 0 Å². The molecule has 0 unspecified atom stereocenters. The lowest BCUT2D eigenvalue weighted by Crippen LogP contribution is -2.22. The van der Waals surface area contributed by atoms with Crippen LogP contribution >= 0.6 is 0 Å². The first-order valence-electron chi connectivity index (χ1n) is 8.67. The van der Waals surface area contributed by atoms with E-state index in [0.717, 1.165) is 17.7 Å². The van der Waals surface area contributed by atoms with Crippen LogP contribution in [0.1, 0.15) is 37.5 Å². The molecule has 0 aromatic heterocycles. The van der Waals surface area contributed by atoms with E-state index < -0.39 is 30.2 Å². The lowest BCUT2D eigenvalue weighted by Gasteiger charge is -2.19. The van der Waals surface area contributed by atoms with Gasteiger partial charge < -0.3 is 10.1 Å². The second-order valence-corrected chi connectivity index (χ2v) is 7.41. The number of carbonyl (C=O) groups is 2. The number of rotatable bonds is 5. The maximum atomic E-state index is 12.7. The summed E-state index contributed by atoms with van der Waals surface area (Å²) in [5, 5.41) is 2.60. The molecule has 2 aromatic carbocycles. The van der Waals surface area contributed by atoms with Crippen LogP contribution in [0, 0.1) is 0 Å². The van der Waals surface area contributed by atoms with Crippen LogP contribution in [0.3, 0.4) is 0 Å². The molecule has 0 radical (unpaired) electrons. The molecule has 0 bridgehead atoms. The zero-order chi connectivity index (χ0) is 20.9. The maximum Gasteiger partial charge on any atom is 0.416 e. The standard InChI is InChI=1S/C21H22F3NO3/c1-20(2,3)15-7-9-17(10-8-15)25-18(26)13-28-19(27)12-14-5-4-6-16(11-14)21(22,23)24/h4-11H,12-13H2,1-3H3,(H,25,26). The summed E-state index contributed by atoms with van der Waals surface area (Å²) >= 11 is 0. The normalized spacial score (nSPS) is 11.8. The zero-order valence-electron chi connectivity index (χ0n) is 15.9. The highest BCUT2D eigenvalue weighted by atomic mass is 19.4. The molecule has 0 aliphatic rings. The van der Waals surface area contributed by atoms with E-state index in [2.05, 4.69) is 26.1 Å². The summed E-state index contributed by atoms with van der Waals surface area (Å²) in [7, 11) is 0. The van der Waals surface area contributed by atoms with Crippen LogP contribution in [0.25, 0.3) is 0 Å². The van der Waals surface area contributed by atoms with Gasteiger partial charge in [-0.05, 0) is 34.7 Å². The van der Waals surface area contributed by atoms with Gasteiger partial charge in [-0.25, -0.2) is 0 Å². The Morgan fingerprint density at radius 2 is 1.61 bits per heavy atom. The molecule has 7 heteroatoms. The van der Waals surface area contributed by atoms with E-state index in [-0.39, 0.29) is 17.4 Å². The lowest BCUT2D eigenvalue weighted by atomic mass is 9.87. The van der Waals surface area contributed by atoms with Gasteiger partial charge in [-0.2, -0.15) is 13.2 Å². The molecule has 0 aliphatic carbocycles. The molecule has 0 saturated carbocycles. The number of ether oxygens (including phenoxy) is 1. The van der Waals surface area contributed by atoms with E-state index in [0.29, 0.717) is 5.69 Å². The van der Waals surface area contributed by atoms with Crippen LogP contribution in [0.4, 0.5) is 18.9 Å². The van der Waals surface area contributed by atoms with Crippen molar-refractivity contribution in [3.05, 3.63) is 65.2 Å². The fourth-order valence-electron chi connectivity index (χ4n) is 2.47. The van der Waals surface area contributed by atoms with Gasteiger partial charge in [-0.1, -0.05) is 51.1 Å². The highest BCUT2D eigenvalue weighted by molar-refractivity contribution is 5.92. The molecule has 2 aromatic rings. The first-order chi connectivity index (χ1) is 12.9. The van der Waals surface area contributed by atoms with Crippen LogP contribution < -0.4 is 5.32 Å². The third-order valence-corrected chi connectivity index (χ3v) is 4.00. The predicted octanol–water partition coefficient (Wildman–Crippen LogP) is 4.73. The van der Waals surface area contributed by atoms with E-state index in [1.807, 2.05) is 12.1 Å². The van der Waals surface area contributed by atoms with E-state index in [4.69, 9.17) is 4.74 Å². The Labute approximate surface area is 161 Å². The minimum Gasteiger partial charge on any atom is -0.455 e. The molecular weight excluding hydrogens is 371 g/mol. The van der Waals surface area contributed by atoms with Crippen molar-refractivity contribution in [2.45, 2.75) is 38.8 Å². The van der Waals surface area contributed by atoms with Crippen LogP contribution in [0.15, 0.2) is 48.5 Å². The summed E-state index contributed by atoms with van der Waals surface area (Å²) in [4.78, 5) is 23.7.